The van der Waals surface area contributed by atoms with Crippen LogP contribution in [-0.2, 0) is 0 Å². The predicted octanol–water partition coefficient (Wildman–Crippen LogP) is 4.88. The van der Waals surface area contributed by atoms with E-state index >= 15 is 0 Å². The zero-order chi connectivity index (χ0) is 14.9. The van der Waals surface area contributed by atoms with Crippen molar-refractivity contribution in [1.29, 1.82) is 0 Å². The van der Waals surface area contributed by atoms with Crippen molar-refractivity contribution in [2.75, 3.05) is 0 Å². The molecule has 0 amide bonds. The highest BCUT2D eigenvalue weighted by Crippen LogP contribution is 2.33. The Morgan fingerprint density at radius 2 is 1.85 bits per heavy atom. The van der Waals surface area contributed by atoms with Gasteiger partial charge in [0.2, 0.25) is 0 Å². The van der Waals surface area contributed by atoms with Gasteiger partial charge in [0.25, 0.3) is 0 Å². The highest BCUT2D eigenvalue weighted by Gasteiger charge is 2.14. The van der Waals surface area contributed by atoms with Crippen molar-refractivity contribution in [3.63, 3.8) is 0 Å². The second-order valence-corrected chi connectivity index (χ2v) is 5.35. The summed E-state index contributed by atoms with van der Waals surface area (Å²) in [6, 6.07) is 7.03. The van der Waals surface area contributed by atoms with Crippen molar-refractivity contribution >= 4 is 15.9 Å². The molecule has 20 heavy (non-hydrogen) atoms. The van der Waals surface area contributed by atoms with Gasteiger partial charge in [0, 0.05) is 11.6 Å². The zero-order valence-corrected chi connectivity index (χ0v) is 12.5. The molecule has 0 spiro atoms. The van der Waals surface area contributed by atoms with Crippen molar-refractivity contribution < 1.29 is 18.6 Å². The molecule has 2 rings (SSSR count). The first-order valence-corrected chi connectivity index (χ1v) is 6.79. The molecule has 0 bridgehead atoms. The Hall–Kier alpha value is -1.46. The van der Waals surface area contributed by atoms with Gasteiger partial charge >= 0.3 is 0 Å². The number of ether oxygens (including phenoxy) is 1. The maximum absolute atomic E-state index is 13.5. The average molecular weight is 343 g/mol. The molecule has 2 aromatic carbocycles. The predicted molar refractivity (Wildman–Crippen MR) is 75.9 cm³/mol. The molecule has 1 atom stereocenters. The Kier molecular flexibility index (Phi) is 4.40. The third kappa shape index (κ3) is 3.16. The molecule has 0 aliphatic carbocycles. The lowest BCUT2D eigenvalue weighted by Gasteiger charge is -2.15. The SMILES string of the molecule is Cc1cc(Oc2ccc(Br)c(F)c2)c(C(C)O)cc1F. The third-order valence-corrected chi connectivity index (χ3v) is 3.50. The number of hydrogen-bond acceptors (Lipinski definition) is 2. The summed E-state index contributed by atoms with van der Waals surface area (Å²) >= 11 is 3.05. The second kappa shape index (κ2) is 5.89. The van der Waals surface area contributed by atoms with Crippen LogP contribution >= 0.6 is 15.9 Å². The Labute approximate surface area is 124 Å². The summed E-state index contributed by atoms with van der Waals surface area (Å²) in [5.74, 6) is -0.297. The van der Waals surface area contributed by atoms with Gasteiger partial charge in [-0.25, -0.2) is 8.78 Å². The topological polar surface area (TPSA) is 29.5 Å². The van der Waals surface area contributed by atoms with Crippen LogP contribution in [0.4, 0.5) is 8.78 Å². The monoisotopic (exact) mass is 342 g/mol. The van der Waals surface area contributed by atoms with Gasteiger partial charge in [0.15, 0.2) is 0 Å². The molecule has 5 heteroatoms. The van der Waals surface area contributed by atoms with E-state index in [0.29, 0.717) is 21.3 Å². The number of benzene rings is 2. The molecule has 106 valence electrons. The largest absolute Gasteiger partial charge is 0.457 e. The van der Waals surface area contributed by atoms with Gasteiger partial charge in [0.05, 0.1) is 10.6 Å². The minimum atomic E-state index is -0.889. The molecule has 0 aliphatic rings. The summed E-state index contributed by atoms with van der Waals surface area (Å²) in [6.45, 7) is 3.11. The number of aliphatic hydroxyl groups is 1. The maximum atomic E-state index is 13.5. The highest BCUT2D eigenvalue weighted by atomic mass is 79.9. The molecule has 0 aromatic heterocycles. The first kappa shape index (κ1) is 14.9. The van der Waals surface area contributed by atoms with Gasteiger partial charge in [-0.1, -0.05) is 0 Å². The maximum Gasteiger partial charge on any atom is 0.141 e. The van der Waals surface area contributed by atoms with Gasteiger partial charge in [-0.15, -0.1) is 0 Å². The molecule has 0 radical (unpaired) electrons. The lowest BCUT2D eigenvalue weighted by Crippen LogP contribution is -1.99. The summed E-state index contributed by atoms with van der Waals surface area (Å²) in [7, 11) is 0. The Bertz CT molecular complexity index is 642. The fraction of sp³-hybridized carbons (Fsp3) is 0.200. The summed E-state index contributed by atoms with van der Waals surface area (Å²) < 4.78 is 32.9. The van der Waals surface area contributed by atoms with E-state index < -0.39 is 17.7 Å². The van der Waals surface area contributed by atoms with E-state index in [2.05, 4.69) is 15.9 Å². The van der Waals surface area contributed by atoms with Gasteiger partial charge in [-0.2, -0.15) is 0 Å². The molecular formula is C15H13BrF2O2. The molecule has 2 nitrogen and oxygen atoms in total. The van der Waals surface area contributed by atoms with Crippen molar-refractivity contribution in [3.8, 4) is 11.5 Å². The lowest BCUT2D eigenvalue weighted by atomic mass is 10.1. The number of rotatable bonds is 3. The van der Waals surface area contributed by atoms with Crippen LogP contribution in [0.2, 0.25) is 0 Å². The van der Waals surface area contributed by atoms with Crippen molar-refractivity contribution in [2.45, 2.75) is 20.0 Å². The second-order valence-electron chi connectivity index (χ2n) is 4.49. The lowest BCUT2D eigenvalue weighted by molar-refractivity contribution is 0.195. The fourth-order valence-electron chi connectivity index (χ4n) is 1.75. The first-order chi connectivity index (χ1) is 9.38. The molecule has 1 N–H and O–H groups in total. The number of hydrogen-bond donors (Lipinski definition) is 1. The zero-order valence-electron chi connectivity index (χ0n) is 11.0. The van der Waals surface area contributed by atoms with Gasteiger partial charge in [0.1, 0.15) is 23.1 Å². The van der Waals surface area contributed by atoms with E-state index in [-0.39, 0.29) is 5.75 Å². The molecule has 0 aliphatic heterocycles. The van der Waals surface area contributed by atoms with E-state index in [9.17, 15) is 13.9 Å². The van der Waals surface area contributed by atoms with Crippen LogP contribution in [0.15, 0.2) is 34.8 Å². The van der Waals surface area contributed by atoms with Gasteiger partial charge < -0.3 is 9.84 Å². The molecule has 2 aromatic rings. The molecule has 0 saturated heterocycles. The molecule has 0 saturated carbocycles. The van der Waals surface area contributed by atoms with Crippen LogP contribution in [0.5, 0.6) is 11.5 Å². The van der Waals surface area contributed by atoms with E-state index in [0.717, 1.165) is 0 Å². The molecular weight excluding hydrogens is 330 g/mol. The minimum Gasteiger partial charge on any atom is -0.457 e. The van der Waals surface area contributed by atoms with Gasteiger partial charge in [-0.3, -0.25) is 0 Å². The van der Waals surface area contributed by atoms with Crippen molar-refractivity contribution in [1.82, 2.24) is 0 Å². The van der Waals surface area contributed by atoms with Crippen LogP contribution in [0, 0.1) is 18.6 Å². The Morgan fingerprint density at radius 1 is 1.15 bits per heavy atom. The quantitative estimate of drug-likeness (QED) is 0.861. The van der Waals surface area contributed by atoms with Crippen LogP contribution in [0.1, 0.15) is 24.2 Å². The molecule has 1 unspecified atom stereocenters. The summed E-state index contributed by atoms with van der Waals surface area (Å²) in [4.78, 5) is 0. The Morgan fingerprint density at radius 3 is 2.45 bits per heavy atom. The standard InChI is InChI=1S/C15H13BrF2O2/c1-8-5-15(11(9(2)19)7-13(8)17)20-10-3-4-12(16)14(18)6-10/h3-7,9,19H,1-2H3. The average Bonchev–Trinajstić information content (AvgIpc) is 2.37. The normalized spacial score (nSPS) is 12.3. The molecule has 0 fully saturated rings. The number of halogens is 3. The third-order valence-electron chi connectivity index (χ3n) is 2.86. The van der Waals surface area contributed by atoms with Crippen molar-refractivity contribution in [2.24, 2.45) is 0 Å². The minimum absolute atomic E-state index is 0.276. The highest BCUT2D eigenvalue weighted by molar-refractivity contribution is 9.10. The van der Waals surface area contributed by atoms with E-state index in [1.165, 1.54) is 31.2 Å². The van der Waals surface area contributed by atoms with Gasteiger partial charge in [-0.05, 0) is 59.6 Å². The summed E-state index contributed by atoms with van der Waals surface area (Å²) in [5.41, 5.74) is 0.707. The van der Waals surface area contributed by atoms with Crippen LogP contribution in [0.3, 0.4) is 0 Å². The summed E-state index contributed by atoms with van der Waals surface area (Å²) in [6.07, 6.45) is -0.889. The van der Waals surface area contributed by atoms with E-state index in [1.807, 2.05) is 0 Å². The number of aliphatic hydroxyl groups excluding tert-OH is 1. The molecule has 0 heterocycles. The van der Waals surface area contributed by atoms with E-state index in [4.69, 9.17) is 4.74 Å². The fourth-order valence-corrected chi connectivity index (χ4v) is 2.00. The van der Waals surface area contributed by atoms with Crippen molar-refractivity contribution in [3.05, 3.63) is 57.6 Å². The summed E-state index contributed by atoms with van der Waals surface area (Å²) in [5, 5.41) is 9.67. The van der Waals surface area contributed by atoms with Crippen LogP contribution in [0.25, 0.3) is 0 Å². The van der Waals surface area contributed by atoms with Crippen LogP contribution < -0.4 is 4.74 Å². The van der Waals surface area contributed by atoms with Crippen LogP contribution in [-0.4, -0.2) is 5.11 Å². The first-order valence-electron chi connectivity index (χ1n) is 5.99. The smallest absolute Gasteiger partial charge is 0.141 e. The van der Waals surface area contributed by atoms with E-state index in [1.54, 1.807) is 13.0 Å². The number of aryl methyl sites for hydroxylation is 1. The Balaban J connectivity index is 2.41.